The molecular weight excluding hydrogens is 340 g/mol. The van der Waals surface area contributed by atoms with Crippen molar-refractivity contribution in [3.05, 3.63) is 29.3 Å². The van der Waals surface area contributed by atoms with Crippen molar-refractivity contribution in [2.24, 2.45) is 0 Å². The van der Waals surface area contributed by atoms with Gasteiger partial charge in [-0.15, -0.1) is 0 Å². The van der Waals surface area contributed by atoms with Gasteiger partial charge in [0.05, 0.1) is 28.0 Å². The van der Waals surface area contributed by atoms with Crippen LogP contribution >= 0.6 is 0 Å². The van der Waals surface area contributed by atoms with Gasteiger partial charge in [0, 0.05) is 18.3 Å². The molecule has 26 heavy (non-hydrogen) atoms. The second-order valence-corrected chi connectivity index (χ2v) is 6.44. The third kappa shape index (κ3) is 2.77. The predicted molar refractivity (Wildman–Crippen MR) is 91.8 cm³/mol. The van der Waals surface area contributed by atoms with Gasteiger partial charge in [-0.1, -0.05) is 0 Å². The number of nitriles is 1. The van der Waals surface area contributed by atoms with E-state index in [4.69, 9.17) is 0 Å². The average Bonchev–Trinajstić information content (AvgIpc) is 3.31. The van der Waals surface area contributed by atoms with E-state index in [-0.39, 0.29) is 0 Å². The zero-order valence-corrected chi connectivity index (χ0v) is 14.1. The van der Waals surface area contributed by atoms with Crippen LogP contribution in [-0.2, 0) is 0 Å². The van der Waals surface area contributed by atoms with E-state index in [0.29, 0.717) is 34.5 Å². The van der Waals surface area contributed by atoms with Crippen molar-refractivity contribution in [1.29, 1.82) is 5.26 Å². The average molecular weight is 357 g/mol. The molecule has 0 atom stereocenters. The standard InChI is InChI=1S/C17H17F2N7/c1-9-13(8-26(25-9)12(4-18)5-19)22-17-23-15(10-2-3-10)14-11(6-20)7-21-16(14)24-17/h7-8,10,12H,2-5H2,1H3,(H2,21,22,23,24). The first-order valence-corrected chi connectivity index (χ1v) is 8.38. The van der Waals surface area contributed by atoms with Crippen LogP contribution in [0.25, 0.3) is 11.0 Å². The van der Waals surface area contributed by atoms with Crippen LogP contribution in [0.5, 0.6) is 0 Å². The fourth-order valence-electron chi connectivity index (χ4n) is 2.95. The highest BCUT2D eigenvalue weighted by molar-refractivity contribution is 5.86. The third-order valence-electron chi connectivity index (χ3n) is 4.54. The number of fused-ring (bicyclic) bond motifs is 1. The van der Waals surface area contributed by atoms with E-state index in [1.807, 2.05) is 0 Å². The third-order valence-corrected chi connectivity index (χ3v) is 4.54. The molecule has 3 aromatic rings. The maximum atomic E-state index is 12.9. The molecule has 1 fully saturated rings. The maximum absolute atomic E-state index is 12.9. The van der Waals surface area contributed by atoms with Crippen LogP contribution in [0.4, 0.5) is 20.4 Å². The molecule has 7 nitrogen and oxygen atoms in total. The molecular formula is C17H17F2N7. The molecule has 1 saturated carbocycles. The Labute approximate surface area is 148 Å². The van der Waals surface area contributed by atoms with Crippen molar-refractivity contribution < 1.29 is 8.78 Å². The Bertz CT molecular complexity index is 993. The van der Waals surface area contributed by atoms with Gasteiger partial charge in [0.2, 0.25) is 5.95 Å². The summed E-state index contributed by atoms with van der Waals surface area (Å²) in [6, 6.07) is 1.23. The van der Waals surface area contributed by atoms with Crippen LogP contribution in [0.2, 0.25) is 0 Å². The van der Waals surface area contributed by atoms with Crippen molar-refractivity contribution in [3.63, 3.8) is 0 Å². The molecule has 9 heteroatoms. The van der Waals surface area contributed by atoms with Crippen molar-refractivity contribution in [2.75, 3.05) is 18.7 Å². The molecule has 0 aliphatic heterocycles. The minimum absolute atomic E-state index is 0.329. The van der Waals surface area contributed by atoms with Gasteiger partial charge in [0.1, 0.15) is 31.1 Å². The molecule has 1 aliphatic carbocycles. The number of H-pyrrole nitrogens is 1. The number of aromatic amines is 1. The molecule has 4 rings (SSSR count). The Morgan fingerprint density at radius 2 is 2.15 bits per heavy atom. The van der Waals surface area contributed by atoms with Crippen LogP contribution in [-0.4, -0.2) is 38.1 Å². The van der Waals surface area contributed by atoms with Crippen LogP contribution in [0.3, 0.4) is 0 Å². The number of anilines is 2. The molecule has 0 bridgehead atoms. The Hall–Kier alpha value is -3.02. The fourth-order valence-corrected chi connectivity index (χ4v) is 2.95. The zero-order valence-electron chi connectivity index (χ0n) is 14.1. The smallest absolute Gasteiger partial charge is 0.229 e. The molecule has 3 aromatic heterocycles. The quantitative estimate of drug-likeness (QED) is 0.705. The molecule has 3 heterocycles. The number of hydrogen-bond donors (Lipinski definition) is 2. The van der Waals surface area contributed by atoms with Gasteiger partial charge < -0.3 is 10.3 Å². The summed E-state index contributed by atoms with van der Waals surface area (Å²) >= 11 is 0. The lowest BCUT2D eigenvalue weighted by molar-refractivity contribution is 0.272. The number of alkyl halides is 2. The van der Waals surface area contributed by atoms with E-state index in [1.54, 1.807) is 19.3 Å². The molecule has 0 amide bonds. The number of hydrogen-bond acceptors (Lipinski definition) is 5. The van der Waals surface area contributed by atoms with E-state index >= 15 is 0 Å². The van der Waals surface area contributed by atoms with E-state index in [1.165, 1.54) is 4.68 Å². The first kappa shape index (κ1) is 16.4. The van der Waals surface area contributed by atoms with Crippen molar-refractivity contribution in [3.8, 4) is 6.07 Å². The van der Waals surface area contributed by atoms with E-state index < -0.39 is 19.4 Å². The molecule has 1 aliphatic rings. The van der Waals surface area contributed by atoms with Crippen LogP contribution in [0, 0.1) is 18.3 Å². The summed E-state index contributed by atoms with van der Waals surface area (Å²) in [5.74, 6) is 0.695. The summed E-state index contributed by atoms with van der Waals surface area (Å²) in [6.07, 6.45) is 5.25. The summed E-state index contributed by atoms with van der Waals surface area (Å²) in [4.78, 5) is 12.0. The Morgan fingerprint density at radius 1 is 1.38 bits per heavy atom. The van der Waals surface area contributed by atoms with Crippen molar-refractivity contribution >= 4 is 22.7 Å². The van der Waals surface area contributed by atoms with Crippen molar-refractivity contribution in [2.45, 2.75) is 31.7 Å². The highest BCUT2D eigenvalue weighted by atomic mass is 19.1. The second kappa shape index (κ2) is 6.37. The highest BCUT2D eigenvalue weighted by Crippen LogP contribution is 2.43. The lowest BCUT2D eigenvalue weighted by Crippen LogP contribution is -2.13. The van der Waals surface area contributed by atoms with Gasteiger partial charge in [-0.05, 0) is 19.8 Å². The first-order valence-electron chi connectivity index (χ1n) is 8.38. The van der Waals surface area contributed by atoms with Gasteiger partial charge in [-0.25, -0.2) is 13.8 Å². The molecule has 2 N–H and O–H groups in total. The molecule has 134 valence electrons. The minimum Gasteiger partial charge on any atom is -0.345 e. The van der Waals surface area contributed by atoms with Gasteiger partial charge in [0.25, 0.3) is 0 Å². The SMILES string of the molecule is Cc1nn(C(CF)CF)cc1Nc1nc(C2CC2)c2c(C#N)c[nH]c2n1. The Morgan fingerprint density at radius 3 is 2.81 bits per heavy atom. The van der Waals surface area contributed by atoms with Gasteiger partial charge >= 0.3 is 0 Å². The summed E-state index contributed by atoms with van der Waals surface area (Å²) in [5, 5.41) is 17.3. The van der Waals surface area contributed by atoms with E-state index in [9.17, 15) is 14.0 Å². The number of aryl methyl sites for hydroxylation is 1. The maximum Gasteiger partial charge on any atom is 0.229 e. The van der Waals surface area contributed by atoms with Gasteiger partial charge in [0.15, 0.2) is 0 Å². The monoisotopic (exact) mass is 357 g/mol. The molecule has 0 radical (unpaired) electrons. The van der Waals surface area contributed by atoms with Crippen molar-refractivity contribution in [1.82, 2.24) is 24.7 Å². The molecule has 0 aromatic carbocycles. The number of halogens is 2. The number of rotatable bonds is 6. The summed E-state index contributed by atoms with van der Waals surface area (Å²) in [6.45, 7) is 0.0879. The molecule has 0 saturated heterocycles. The largest absolute Gasteiger partial charge is 0.345 e. The first-order chi connectivity index (χ1) is 12.6. The number of nitrogens with one attached hydrogen (secondary N) is 2. The normalized spacial score (nSPS) is 14.1. The number of nitrogens with zero attached hydrogens (tertiary/aromatic N) is 5. The lowest BCUT2D eigenvalue weighted by atomic mass is 10.1. The summed E-state index contributed by atoms with van der Waals surface area (Å²) < 4.78 is 27.1. The molecule has 0 spiro atoms. The van der Waals surface area contributed by atoms with Crippen LogP contribution in [0.1, 0.15) is 41.8 Å². The Kier molecular flexibility index (Phi) is 4.03. The summed E-state index contributed by atoms with van der Waals surface area (Å²) in [5.41, 5.74) is 3.16. The van der Waals surface area contributed by atoms with Gasteiger partial charge in [-0.3, -0.25) is 4.68 Å². The minimum atomic E-state index is -0.934. The fraction of sp³-hybridized carbons (Fsp3) is 0.412. The van der Waals surface area contributed by atoms with E-state index in [2.05, 4.69) is 31.4 Å². The highest BCUT2D eigenvalue weighted by Gasteiger charge is 2.30. The summed E-state index contributed by atoms with van der Waals surface area (Å²) in [7, 11) is 0. The van der Waals surface area contributed by atoms with E-state index in [0.717, 1.165) is 23.9 Å². The molecule has 0 unspecified atom stereocenters. The number of aromatic nitrogens is 5. The lowest BCUT2D eigenvalue weighted by Gasteiger charge is -2.08. The van der Waals surface area contributed by atoms with Gasteiger partial charge in [-0.2, -0.15) is 15.3 Å². The van der Waals surface area contributed by atoms with Crippen LogP contribution in [0.15, 0.2) is 12.4 Å². The predicted octanol–water partition coefficient (Wildman–Crippen LogP) is 3.44. The zero-order chi connectivity index (χ0) is 18.3. The van der Waals surface area contributed by atoms with Crippen LogP contribution < -0.4 is 5.32 Å². The topological polar surface area (TPSA) is 95.2 Å². The Balaban J connectivity index is 1.71. The second-order valence-electron chi connectivity index (χ2n) is 6.44.